The Morgan fingerprint density at radius 1 is 0.929 bits per heavy atom. The molecule has 2 heterocycles. The first kappa shape index (κ1) is 18.4. The molecule has 1 saturated carbocycles. The maximum Gasteiger partial charge on any atom is 0.221 e. The third-order valence-corrected chi connectivity index (χ3v) is 5.49. The maximum absolute atomic E-state index is 6.09. The van der Waals surface area contributed by atoms with Crippen molar-refractivity contribution in [3.63, 3.8) is 0 Å². The summed E-state index contributed by atoms with van der Waals surface area (Å²) in [4.78, 5) is 15.7. The van der Waals surface area contributed by atoms with Crippen LogP contribution in [-0.4, -0.2) is 28.0 Å². The molecule has 0 atom stereocenters. The van der Waals surface area contributed by atoms with Crippen LogP contribution in [-0.2, 0) is 0 Å². The molecule has 0 spiro atoms. The van der Waals surface area contributed by atoms with Crippen molar-refractivity contribution in [3.8, 4) is 11.3 Å². The fraction of sp³-hybridized carbons (Fsp3) is 0.318. The number of nitrogens with zero attached hydrogens (tertiary/aromatic N) is 4. The molecule has 1 aliphatic carbocycles. The lowest BCUT2D eigenvalue weighted by atomic mass is 9.82. The predicted molar refractivity (Wildman–Crippen MR) is 113 cm³/mol. The van der Waals surface area contributed by atoms with Crippen molar-refractivity contribution >= 4 is 17.6 Å². The van der Waals surface area contributed by atoms with Crippen molar-refractivity contribution in [1.29, 1.82) is 0 Å². The van der Waals surface area contributed by atoms with Crippen LogP contribution in [0.4, 0.5) is 17.6 Å². The number of pyridine rings is 1. The van der Waals surface area contributed by atoms with E-state index in [0.29, 0.717) is 12.0 Å². The molecule has 2 aromatic heterocycles. The molecule has 0 saturated heterocycles. The normalized spacial score (nSPS) is 19.4. The van der Waals surface area contributed by atoms with E-state index in [-0.39, 0.29) is 5.95 Å². The zero-order chi connectivity index (χ0) is 19.5. The minimum Gasteiger partial charge on any atom is -0.368 e. The minimum absolute atomic E-state index is 0.275. The summed E-state index contributed by atoms with van der Waals surface area (Å²) in [5.41, 5.74) is 15.1. The van der Waals surface area contributed by atoms with Crippen LogP contribution in [0.2, 0.25) is 0 Å². The summed E-state index contributed by atoms with van der Waals surface area (Å²) >= 11 is 0. The first-order chi connectivity index (χ1) is 13.6. The lowest BCUT2D eigenvalue weighted by Gasteiger charge is -2.29. The fourth-order valence-electron chi connectivity index (χ4n) is 3.87. The lowest BCUT2D eigenvalue weighted by Crippen LogP contribution is -2.27. The number of anilines is 3. The van der Waals surface area contributed by atoms with Gasteiger partial charge in [0.25, 0.3) is 0 Å². The van der Waals surface area contributed by atoms with E-state index in [1.807, 2.05) is 54.5 Å². The van der Waals surface area contributed by atoms with E-state index in [1.165, 1.54) is 0 Å². The number of rotatable bonds is 4. The van der Waals surface area contributed by atoms with Gasteiger partial charge in [0.05, 0.1) is 5.69 Å². The topological polar surface area (TPSA) is 94.0 Å². The van der Waals surface area contributed by atoms with Gasteiger partial charge in [-0.1, -0.05) is 36.4 Å². The summed E-state index contributed by atoms with van der Waals surface area (Å²) in [5, 5.41) is 0. The molecule has 1 aromatic carbocycles. The summed E-state index contributed by atoms with van der Waals surface area (Å²) in [5.74, 6) is 2.33. The molecular weight excluding hydrogens is 348 g/mol. The average molecular weight is 374 g/mol. The number of hydrogen-bond donors (Lipinski definition) is 2. The van der Waals surface area contributed by atoms with Crippen molar-refractivity contribution in [1.82, 2.24) is 15.0 Å². The fourth-order valence-corrected chi connectivity index (χ4v) is 3.87. The van der Waals surface area contributed by atoms with Gasteiger partial charge >= 0.3 is 0 Å². The number of benzene rings is 1. The smallest absolute Gasteiger partial charge is 0.221 e. The van der Waals surface area contributed by atoms with Gasteiger partial charge in [-0.3, -0.25) is 0 Å². The van der Waals surface area contributed by atoms with Crippen molar-refractivity contribution in [2.45, 2.75) is 37.6 Å². The second-order valence-corrected chi connectivity index (χ2v) is 7.42. The van der Waals surface area contributed by atoms with Crippen molar-refractivity contribution in [2.75, 3.05) is 17.7 Å². The molecule has 4 N–H and O–H groups in total. The van der Waals surface area contributed by atoms with Gasteiger partial charge in [0.2, 0.25) is 5.95 Å². The quantitative estimate of drug-likeness (QED) is 0.720. The Morgan fingerprint density at radius 2 is 1.68 bits per heavy atom. The number of hydrogen-bond acceptors (Lipinski definition) is 6. The van der Waals surface area contributed by atoms with Crippen LogP contribution < -0.4 is 16.4 Å². The van der Waals surface area contributed by atoms with E-state index in [0.717, 1.165) is 54.1 Å². The SMILES string of the molecule is CN(c1cccc(-c2ccccc2)n1)c1nc(N)ncc1[C@H]1CC[C@H](N)CC1. The molecule has 0 radical (unpaired) electrons. The standard InChI is InChI=1S/C22H26N6/c1-28(20-9-5-8-19(26-20)16-6-3-2-4-7-16)21-18(14-25-22(24)27-21)15-10-12-17(23)13-11-15/h2-9,14-15,17H,10-13,23H2,1H3,(H2,24,25,27)/t15-,17-. The molecule has 6 heteroatoms. The first-order valence-electron chi connectivity index (χ1n) is 9.76. The second kappa shape index (κ2) is 7.94. The van der Waals surface area contributed by atoms with Gasteiger partial charge in [-0.15, -0.1) is 0 Å². The molecule has 1 aliphatic rings. The van der Waals surface area contributed by atoms with Gasteiger partial charge in [0.1, 0.15) is 11.6 Å². The van der Waals surface area contributed by atoms with Gasteiger partial charge in [-0.25, -0.2) is 9.97 Å². The molecule has 0 unspecified atom stereocenters. The largest absolute Gasteiger partial charge is 0.368 e. The van der Waals surface area contributed by atoms with Crippen LogP contribution in [0.3, 0.4) is 0 Å². The highest BCUT2D eigenvalue weighted by Crippen LogP contribution is 2.38. The zero-order valence-corrected chi connectivity index (χ0v) is 16.1. The van der Waals surface area contributed by atoms with Crippen LogP contribution in [0.5, 0.6) is 0 Å². The Kier molecular flexibility index (Phi) is 5.21. The average Bonchev–Trinajstić information content (AvgIpc) is 2.75. The van der Waals surface area contributed by atoms with Crippen molar-refractivity contribution in [3.05, 3.63) is 60.3 Å². The van der Waals surface area contributed by atoms with Crippen molar-refractivity contribution < 1.29 is 0 Å². The Bertz CT molecular complexity index is 935. The molecule has 3 aromatic rings. The molecule has 0 amide bonds. The molecule has 6 nitrogen and oxygen atoms in total. The van der Waals surface area contributed by atoms with E-state index >= 15 is 0 Å². The Labute approximate surface area is 165 Å². The number of nitrogens with two attached hydrogens (primary N) is 2. The molecular formula is C22H26N6. The maximum atomic E-state index is 6.09. The second-order valence-electron chi connectivity index (χ2n) is 7.42. The van der Waals surface area contributed by atoms with E-state index in [1.54, 1.807) is 0 Å². The Morgan fingerprint density at radius 3 is 2.43 bits per heavy atom. The van der Waals surface area contributed by atoms with E-state index in [9.17, 15) is 0 Å². The van der Waals surface area contributed by atoms with Gasteiger partial charge < -0.3 is 16.4 Å². The van der Waals surface area contributed by atoms with Gasteiger partial charge in [0, 0.05) is 30.4 Å². The number of nitrogen functional groups attached to an aromatic ring is 1. The first-order valence-corrected chi connectivity index (χ1v) is 9.76. The van der Waals surface area contributed by atoms with Crippen molar-refractivity contribution in [2.24, 2.45) is 5.73 Å². The van der Waals surface area contributed by atoms with Gasteiger partial charge in [-0.2, -0.15) is 4.98 Å². The molecule has 0 aliphatic heterocycles. The highest BCUT2D eigenvalue weighted by atomic mass is 15.2. The monoisotopic (exact) mass is 374 g/mol. The van der Waals surface area contributed by atoms with E-state index < -0.39 is 0 Å². The minimum atomic E-state index is 0.275. The predicted octanol–water partition coefficient (Wildman–Crippen LogP) is 3.87. The molecule has 144 valence electrons. The van der Waals surface area contributed by atoms with Crippen LogP contribution in [0.15, 0.2) is 54.7 Å². The van der Waals surface area contributed by atoms with E-state index in [4.69, 9.17) is 16.5 Å². The van der Waals surface area contributed by atoms with Crippen LogP contribution in [0.25, 0.3) is 11.3 Å². The van der Waals surface area contributed by atoms with Gasteiger partial charge in [-0.05, 0) is 43.7 Å². The summed E-state index contributed by atoms with van der Waals surface area (Å²) in [6.45, 7) is 0. The summed E-state index contributed by atoms with van der Waals surface area (Å²) in [7, 11) is 1.98. The highest BCUT2D eigenvalue weighted by molar-refractivity contribution is 5.65. The third kappa shape index (κ3) is 3.82. The summed E-state index contributed by atoms with van der Waals surface area (Å²) in [6, 6.07) is 16.5. The molecule has 1 fully saturated rings. The number of aromatic nitrogens is 3. The summed E-state index contributed by atoms with van der Waals surface area (Å²) in [6.07, 6.45) is 6.02. The molecule has 4 rings (SSSR count). The molecule has 28 heavy (non-hydrogen) atoms. The Hall–Kier alpha value is -2.99. The van der Waals surface area contributed by atoms with Crippen LogP contribution in [0.1, 0.15) is 37.2 Å². The van der Waals surface area contributed by atoms with Crippen LogP contribution >= 0.6 is 0 Å². The van der Waals surface area contributed by atoms with E-state index in [2.05, 4.69) is 22.1 Å². The highest BCUT2D eigenvalue weighted by Gasteiger charge is 2.25. The van der Waals surface area contributed by atoms with Crippen LogP contribution in [0, 0.1) is 0 Å². The zero-order valence-electron chi connectivity index (χ0n) is 16.1. The third-order valence-electron chi connectivity index (χ3n) is 5.49. The lowest BCUT2D eigenvalue weighted by molar-refractivity contribution is 0.395. The van der Waals surface area contributed by atoms with Gasteiger partial charge in [0.15, 0.2) is 0 Å². The Balaban J connectivity index is 1.68. The summed E-state index contributed by atoms with van der Waals surface area (Å²) < 4.78 is 0. The molecule has 0 bridgehead atoms.